The lowest BCUT2D eigenvalue weighted by Crippen LogP contribution is -2.31. The summed E-state index contributed by atoms with van der Waals surface area (Å²) in [5.74, 6) is -1.02. The third kappa shape index (κ3) is 2.96. The summed E-state index contributed by atoms with van der Waals surface area (Å²) in [6.07, 6.45) is 1.23. The van der Waals surface area contributed by atoms with Crippen molar-refractivity contribution < 1.29 is 4.39 Å². The fourth-order valence-corrected chi connectivity index (χ4v) is 1.01. The predicted molar refractivity (Wildman–Crippen MR) is 49.9 cm³/mol. The second kappa shape index (κ2) is 4.97. The van der Waals surface area contributed by atoms with Gasteiger partial charge in [-0.15, -0.1) is 0 Å². The van der Waals surface area contributed by atoms with Gasteiger partial charge < -0.3 is 0 Å². The van der Waals surface area contributed by atoms with E-state index in [2.05, 4.69) is 10.0 Å². The van der Waals surface area contributed by atoms with Gasteiger partial charge in [0, 0.05) is 18.0 Å². The zero-order valence-corrected chi connectivity index (χ0v) is 7.68. The summed E-state index contributed by atoms with van der Waals surface area (Å²) in [6.45, 7) is 0.398. The van der Waals surface area contributed by atoms with E-state index < -0.39 is 17.1 Å². The monoisotopic (exact) mass is 213 g/mol. The molecule has 0 saturated heterocycles. The summed E-state index contributed by atoms with van der Waals surface area (Å²) in [5, 5.41) is 3.26. The van der Waals surface area contributed by atoms with Crippen LogP contribution in [0.15, 0.2) is 20.9 Å². The van der Waals surface area contributed by atoms with Gasteiger partial charge in [-0.05, 0) is 12.0 Å². The lowest BCUT2D eigenvalue weighted by molar-refractivity contribution is 0.540. The maximum absolute atomic E-state index is 12.7. The summed E-state index contributed by atoms with van der Waals surface area (Å²) in [5.41, 5.74) is 6.27. The highest BCUT2D eigenvalue weighted by Crippen LogP contribution is 1.89. The molecule has 7 nitrogen and oxygen atoms in total. The lowest BCUT2D eigenvalue weighted by atomic mass is 10.4. The molecule has 0 saturated carbocycles. The molecule has 1 aromatic heterocycles. The second-order valence-corrected chi connectivity index (χ2v) is 2.74. The normalized spacial score (nSPS) is 9.67. The summed E-state index contributed by atoms with van der Waals surface area (Å²) < 4.78 is 13.8. The average molecular weight is 213 g/mol. The fourth-order valence-electron chi connectivity index (χ4n) is 1.01. The predicted octanol–water partition coefficient (Wildman–Crippen LogP) is 0.376. The fraction of sp³-hybridized carbons (Fsp3) is 0.429. The van der Waals surface area contributed by atoms with Gasteiger partial charge >= 0.3 is 5.69 Å². The van der Waals surface area contributed by atoms with E-state index in [1.165, 1.54) is 0 Å². The highest BCUT2D eigenvalue weighted by atomic mass is 19.1. The van der Waals surface area contributed by atoms with Crippen molar-refractivity contribution in [3.8, 4) is 0 Å². The molecule has 0 aliphatic rings. The van der Waals surface area contributed by atoms with E-state index in [9.17, 15) is 14.0 Å². The summed E-state index contributed by atoms with van der Waals surface area (Å²) in [6, 6.07) is 0. The summed E-state index contributed by atoms with van der Waals surface area (Å²) in [7, 11) is 0. The topological polar surface area (TPSA) is 104 Å². The van der Waals surface area contributed by atoms with Gasteiger partial charge in [0.25, 0.3) is 5.56 Å². The number of hydrogen-bond acceptors (Lipinski definition) is 3. The van der Waals surface area contributed by atoms with Crippen molar-refractivity contribution >= 4 is 0 Å². The van der Waals surface area contributed by atoms with E-state index in [-0.39, 0.29) is 13.1 Å². The Kier molecular flexibility index (Phi) is 3.64. The van der Waals surface area contributed by atoms with E-state index in [1.807, 2.05) is 4.98 Å². The van der Waals surface area contributed by atoms with Gasteiger partial charge in [-0.2, -0.15) is 4.39 Å². The van der Waals surface area contributed by atoms with Gasteiger partial charge in [0.05, 0.1) is 6.20 Å². The molecule has 1 rings (SSSR count). The Balaban J connectivity index is 2.78. The highest BCUT2D eigenvalue weighted by molar-refractivity contribution is 4.86. The molecule has 8 heteroatoms. The number of hydrogen-bond donors (Lipinski definition) is 1. The molecule has 0 amide bonds. The minimum Gasteiger partial charge on any atom is -0.298 e. The van der Waals surface area contributed by atoms with Gasteiger partial charge in [-0.3, -0.25) is 14.3 Å². The molecule has 15 heavy (non-hydrogen) atoms. The average Bonchev–Trinajstić information content (AvgIpc) is 2.20. The first kappa shape index (κ1) is 11.0. The van der Waals surface area contributed by atoms with Crippen LogP contribution in [0.2, 0.25) is 0 Å². The Morgan fingerprint density at radius 2 is 2.33 bits per heavy atom. The maximum Gasteiger partial charge on any atom is 0.328 e. The van der Waals surface area contributed by atoms with Crippen LogP contribution >= 0.6 is 0 Å². The molecule has 0 aliphatic carbocycles. The SMILES string of the molecule is [N-]=[N+]=NCCCn1cc(F)c(=O)[nH]c1=O. The number of nitrogens with one attached hydrogen (secondary N) is 1. The Morgan fingerprint density at radius 3 is 3.00 bits per heavy atom. The van der Waals surface area contributed by atoms with Gasteiger partial charge in [0.2, 0.25) is 5.82 Å². The Bertz CT molecular complexity index is 499. The maximum atomic E-state index is 12.7. The molecule has 1 aromatic rings. The van der Waals surface area contributed by atoms with Crippen LogP contribution in [-0.2, 0) is 6.54 Å². The number of nitrogens with zero attached hydrogens (tertiary/aromatic N) is 4. The molecule has 0 spiro atoms. The van der Waals surface area contributed by atoms with Crippen LogP contribution in [-0.4, -0.2) is 16.1 Å². The van der Waals surface area contributed by atoms with E-state index in [0.29, 0.717) is 6.42 Å². The molecule has 0 fully saturated rings. The van der Waals surface area contributed by atoms with Crippen molar-refractivity contribution in [2.45, 2.75) is 13.0 Å². The van der Waals surface area contributed by atoms with Crippen molar-refractivity contribution in [3.63, 3.8) is 0 Å². The molecule has 0 atom stereocenters. The number of aryl methyl sites for hydroxylation is 1. The van der Waals surface area contributed by atoms with Crippen molar-refractivity contribution in [2.24, 2.45) is 5.11 Å². The zero-order valence-electron chi connectivity index (χ0n) is 7.68. The molecular weight excluding hydrogens is 205 g/mol. The Morgan fingerprint density at radius 1 is 1.60 bits per heavy atom. The standard InChI is InChI=1S/C7H8FN5O2/c8-5-4-13(3-1-2-10-12-9)7(15)11-6(5)14/h4H,1-3H2,(H,11,14,15). The first-order valence-electron chi connectivity index (χ1n) is 4.15. The second-order valence-electron chi connectivity index (χ2n) is 2.74. The molecule has 1 heterocycles. The minimum atomic E-state index is -1.04. The third-order valence-electron chi connectivity index (χ3n) is 1.69. The first-order valence-corrected chi connectivity index (χ1v) is 4.15. The largest absolute Gasteiger partial charge is 0.328 e. The van der Waals surface area contributed by atoms with Crippen molar-refractivity contribution in [3.05, 3.63) is 43.3 Å². The van der Waals surface area contributed by atoms with E-state index in [1.54, 1.807) is 0 Å². The molecule has 1 N–H and O–H groups in total. The number of H-pyrrole nitrogens is 1. The number of aromatic nitrogens is 2. The first-order chi connectivity index (χ1) is 7.15. The molecule has 80 valence electrons. The van der Waals surface area contributed by atoms with Crippen LogP contribution in [0.4, 0.5) is 4.39 Å². The molecule has 0 aromatic carbocycles. The van der Waals surface area contributed by atoms with Gasteiger partial charge in [0.15, 0.2) is 0 Å². The molecular formula is C7H8FN5O2. The summed E-state index contributed by atoms with van der Waals surface area (Å²) >= 11 is 0. The van der Waals surface area contributed by atoms with E-state index in [0.717, 1.165) is 10.8 Å². The molecule has 0 aliphatic heterocycles. The number of aromatic amines is 1. The van der Waals surface area contributed by atoms with Crippen molar-refractivity contribution in [1.82, 2.24) is 9.55 Å². The van der Waals surface area contributed by atoms with Crippen LogP contribution in [0.25, 0.3) is 10.4 Å². The molecule has 0 bridgehead atoms. The van der Waals surface area contributed by atoms with Gasteiger partial charge in [-0.25, -0.2) is 4.79 Å². The van der Waals surface area contributed by atoms with E-state index in [4.69, 9.17) is 5.53 Å². The number of azide groups is 1. The molecule has 0 radical (unpaired) electrons. The van der Waals surface area contributed by atoms with Crippen LogP contribution in [0, 0.1) is 5.82 Å². The van der Waals surface area contributed by atoms with Gasteiger partial charge in [0.1, 0.15) is 0 Å². The molecule has 0 unspecified atom stereocenters. The van der Waals surface area contributed by atoms with Crippen LogP contribution in [0.5, 0.6) is 0 Å². The Hall–Kier alpha value is -2.08. The van der Waals surface area contributed by atoms with E-state index >= 15 is 0 Å². The van der Waals surface area contributed by atoms with Crippen LogP contribution < -0.4 is 11.2 Å². The van der Waals surface area contributed by atoms with Crippen molar-refractivity contribution in [2.75, 3.05) is 6.54 Å². The smallest absolute Gasteiger partial charge is 0.298 e. The number of rotatable bonds is 4. The lowest BCUT2D eigenvalue weighted by Gasteiger charge is -2.02. The van der Waals surface area contributed by atoms with Crippen LogP contribution in [0.3, 0.4) is 0 Å². The zero-order chi connectivity index (χ0) is 11.3. The Labute approximate surface area is 82.8 Å². The van der Waals surface area contributed by atoms with Gasteiger partial charge in [-0.1, -0.05) is 5.11 Å². The minimum absolute atomic E-state index is 0.186. The third-order valence-corrected chi connectivity index (χ3v) is 1.69. The summed E-state index contributed by atoms with van der Waals surface area (Å²) in [4.78, 5) is 26.1. The van der Waals surface area contributed by atoms with Crippen molar-refractivity contribution in [1.29, 1.82) is 0 Å². The van der Waals surface area contributed by atoms with Crippen LogP contribution in [0.1, 0.15) is 6.42 Å². The number of halogens is 1. The highest BCUT2D eigenvalue weighted by Gasteiger charge is 2.02. The quantitative estimate of drug-likeness (QED) is 0.338.